The predicted molar refractivity (Wildman–Crippen MR) is 33.4 cm³/mol. The van der Waals surface area contributed by atoms with Gasteiger partial charge in [0.2, 0.25) is 12.7 Å². The summed E-state index contributed by atoms with van der Waals surface area (Å²) < 4.78 is 0.812. The average Bonchev–Trinajstić information content (AvgIpc) is 1.69. The van der Waals surface area contributed by atoms with Crippen molar-refractivity contribution in [2.24, 2.45) is 4.99 Å². The molecule has 9 heavy (non-hydrogen) atoms. The summed E-state index contributed by atoms with van der Waals surface area (Å²) >= 11 is 0. The van der Waals surface area contributed by atoms with E-state index < -0.39 is 0 Å². The van der Waals surface area contributed by atoms with E-state index in [1.807, 2.05) is 0 Å². The molecule has 1 heterocycles. The van der Waals surface area contributed by atoms with Crippen LogP contribution in [0.1, 0.15) is 0 Å². The van der Waals surface area contributed by atoms with Crippen LogP contribution < -0.4 is 0 Å². The highest BCUT2D eigenvalue weighted by atomic mass is 16.3. The Labute approximate surface area is 51.9 Å². The monoisotopic (exact) mass is 133 g/mol. The first kappa shape index (κ1) is 10.8. The third kappa shape index (κ3) is 3.51. The van der Waals surface area contributed by atoms with Gasteiger partial charge in [0, 0.05) is 9.67 Å². The molecule has 0 bridgehead atoms. The van der Waals surface area contributed by atoms with Gasteiger partial charge in [-0.1, -0.05) is 0 Å². The van der Waals surface area contributed by atoms with Gasteiger partial charge >= 0.3 is 0 Å². The third-order valence-electron chi connectivity index (χ3n) is 0.686. The van der Waals surface area contributed by atoms with Crippen LogP contribution in [0.2, 0.25) is 0 Å². The van der Waals surface area contributed by atoms with Crippen molar-refractivity contribution < 1.29 is 15.7 Å². The van der Waals surface area contributed by atoms with Crippen LogP contribution in [0.25, 0.3) is 0 Å². The minimum Gasteiger partial charge on any atom is -0.412 e. The summed E-state index contributed by atoms with van der Waals surface area (Å²) in [4.78, 5) is 13.9. The summed E-state index contributed by atoms with van der Waals surface area (Å²) in [7, 11) is 0. The summed E-state index contributed by atoms with van der Waals surface area (Å²) in [6.45, 7) is 0.385. The van der Waals surface area contributed by atoms with E-state index in [-0.39, 0.29) is 11.0 Å². The highest BCUT2D eigenvalue weighted by molar-refractivity contribution is 5.59. The zero-order valence-electron chi connectivity index (χ0n) is 4.74. The maximum atomic E-state index is 10.2. The largest absolute Gasteiger partial charge is 0.412 e. The van der Waals surface area contributed by atoms with Crippen LogP contribution in [-0.4, -0.2) is 28.5 Å². The Balaban J connectivity index is 0. The Morgan fingerprint density at radius 1 is 1.44 bits per heavy atom. The predicted octanol–water partition coefficient (Wildman–Crippen LogP) is -1.33. The van der Waals surface area contributed by atoms with Gasteiger partial charge in [-0.15, -0.1) is 0 Å². The summed E-state index contributed by atoms with van der Waals surface area (Å²) in [6.07, 6.45) is 4.42. The van der Waals surface area contributed by atoms with Gasteiger partial charge in [-0.3, -0.25) is 4.99 Å². The second-order valence-corrected chi connectivity index (χ2v) is 1.23. The lowest BCUT2D eigenvalue weighted by molar-refractivity contribution is -0.462. The molecular weight excluding hydrogens is 124 g/mol. The second kappa shape index (κ2) is 5.07. The van der Waals surface area contributed by atoms with E-state index >= 15 is 0 Å². The fraction of sp³-hybridized carbons (Fsp3) is 0.250. The SMILES string of the molecule is O.O.O=[N+]1C=CN=CC1. The Kier molecular flexibility index (Phi) is 6.11. The van der Waals surface area contributed by atoms with Crippen LogP contribution in [-0.2, 0) is 0 Å². The van der Waals surface area contributed by atoms with Gasteiger partial charge in [-0.2, -0.15) is 0 Å². The molecule has 1 aliphatic heterocycles. The van der Waals surface area contributed by atoms with Gasteiger partial charge < -0.3 is 11.0 Å². The van der Waals surface area contributed by atoms with Crippen molar-refractivity contribution in [2.45, 2.75) is 0 Å². The second-order valence-electron chi connectivity index (χ2n) is 1.23. The molecule has 0 saturated heterocycles. The van der Waals surface area contributed by atoms with Gasteiger partial charge in [0.1, 0.15) is 0 Å². The lowest BCUT2D eigenvalue weighted by Crippen LogP contribution is -2.04. The van der Waals surface area contributed by atoms with Crippen molar-refractivity contribution in [3.05, 3.63) is 17.3 Å². The van der Waals surface area contributed by atoms with Crippen LogP contribution in [0.5, 0.6) is 0 Å². The maximum Gasteiger partial charge on any atom is 0.239 e. The summed E-state index contributed by atoms with van der Waals surface area (Å²) in [6, 6.07) is 0. The first-order chi connectivity index (χ1) is 3.39. The van der Waals surface area contributed by atoms with Gasteiger partial charge in [-0.05, 0) is 0 Å². The Morgan fingerprint density at radius 2 is 2.11 bits per heavy atom. The van der Waals surface area contributed by atoms with Crippen molar-refractivity contribution in [3.63, 3.8) is 0 Å². The molecule has 0 aromatic carbocycles. The normalized spacial score (nSPS) is 14.0. The first-order valence-corrected chi connectivity index (χ1v) is 2.01. The van der Waals surface area contributed by atoms with Gasteiger partial charge in [-0.25, -0.2) is 0 Å². The molecule has 0 amide bonds. The molecule has 52 valence electrons. The smallest absolute Gasteiger partial charge is 0.239 e. The molecule has 0 atom stereocenters. The molecular formula is C4H9N2O3+. The van der Waals surface area contributed by atoms with Crippen molar-refractivity contribution in [1.82, 2.24) is 0 Å². The van der Waals surface area contributed by atoms with E-state index in [4.69, 9.17) is 0 Å². The van der Waals surface area contributed by atoms with Gasteiger partial charge in [0.05, 0.1) is 12.4 Å². The van der Waals surface area contributed by atoms with Crippen molar-refractivity contribution >= 4 is 6.21 Å². The van der Waals surface area contributed by atoms with E-state index in [9.17, 15) is 4.91 Å². The topological polar surface area (TPSA) is 95.4 Å². The molecule has 1 aliphatic rings. The molecule has 0 saturated carbocycles. The quantitative estimate of drug-likeness (QED) is 0.376. The maximum absolute atomic E-state index is 10.2. The van der Waals surface area contributed by atoms with E-state index in [0.29, 0.717) is 6.54 Å². The highest BCUT2D eigenvalue weighted by Gasteiger charge is 2.00. The molecule has 0 aromatic rings. The van der Waals surface area contributed by atoms with Crippen LogP contribution in [0.15, 0.2) is 17.4 Å². The summed E-state index contributed by atoms with van der Waals surface area (Å²) in [5.41, 5.74) is 0. The molecule has 0 spiro atoms. The van der Waals surface area contributed by atoms with E-state index in [0.717, 1.165) is 4.76 Å². The van der Waals surface area contributed by atoms with Crippen molar-refractivity contribution in [3.8, 4) is 0 Å². The number of rotatable bonds is 0. The molecule has 4 N–H and O–H groups in total. The molecule has 0 unspecified atom stereocenters. The molecule has 5 nitrogen and oxygen atoms in total. The summed E-state index contributed by atoms with van der Waals surface area (Å²) in [5, 5.41) is 0. The lowest BCUT2D eigenvalue weighted by atomic mass is 10.6. The number of hydrogen-bond acceptors (Lipinski definition) is 2. The zero-order valence-corrected chi connectivity index (χ0v) is 4.74. The average molecular weight is 133 g/mol. The Hall–Kier alpha value is -1.07. The van der Waals surface area contributed by atoms with E-state index in [2.05, 4.69) is 4.99 Å². The van der Waals surface area contributed by atoms with Crippen LogP contribution in [0.4, 0.5) is 0 Å². The van der Waals surface area contributed by atoms with Gasteiger partial charge in [0.25, 0.3) is 0 Å². The van der Waals surface area contributed by atoms with Crippen LogP contribution in [0, 0.1) is 4.91 Å². The molecule has 0 radical (unpaired) electrons. The summed E-state index contributed by atoms with van der Waals surface area (Å²) in [5.74, 6) is 0. The molecule has 1 rings (SSSR count). The zero-order chi connectivity index (χ0) is 5.11. The fourth-order valence-corrected chi connectivity index (χ4v) is 0.362. The fourth-order valence-electron chi connectivity index (χ4n) is 0.362. The molecule has 0 aromatic heterocycles. The Morgan fingerprint density at radius 3 is 2.33 bits per heavy atom. The molecule has 0 aliphatic carbocycles. The van der Waals surface area contributed by atoms with Gasteiger partial charge in [0.15, 0.2) is 0 Å². The first-order valence-electron chi connectivity index (χ1n) is 2.01. The number of nitrogens with zero attached hydrogens (tertiary/aromatic N) is 2. The molecule has 0 fully saturated rings. The molecule has 5 heteroatoms. The highest BCUT2D eigenvalue weighted by Crippen LogP contribution is 1.82. The number of nitroso groups, excluding NO2 is 1. The standard InChI is InChI=1S/C4H5N2O.2H2O/c7-6-3-1-5-2-4-6;;/h1-3H,4H2;2*1H2/q+1;;. The van der Waals surface area contributed by atoms with E-state index in [1.54, 1.807) is 6.21 Å². The van der Waals surface area contributed by atoms with Crippen LogP contribution in [0.3, 0.4) is 0 Å². The van der Waals surface area contributed by atoms with Crippen molar-refractivity contribution in [2.75, 3.05) is 6.54 Å². The third-order valence-corrected chi connectivity index (χ3v) is 0.686. The lowest BCUT2D eigenvalue weighted by Gasteiger charge is -1.81. The minimum absolute atomic E-state index is 0. The van der Waals surface area contributed by atoms with E-state index in [1.165, 1.54) is 12.4 Å². The number of hydrogen-bond donors (Lipinski definition) is 0. The Bertz CT molecular complexity index is 141. The van der Waals surface area contributed by atoms with Crippen LogP contribution >= 0.6 is 0 Å². The van der Waals surface area contributed by atoms with Crippen molar-refractivity contribution in [1.29, 1.82) is 0 Å². The number of aliphatic imine (C=N–C) groups is 1. The minimum atomic E-state index is 0.